The molecule has 0 spiro atoms. The second kappa shape index (κ2) is 10.0. The van der Waals surface area contributed by atoms with Gasteiger partial charge in [-0.1, -0.05) is 11.8 Å². The van der Waals surface area contributed by atoms with Crippen LogP contribution in [0.15, 0.2) is 40.4 Å². The summed E-state index contributed by atoms with van der Waals surface area (Å²) >= 11 is 3.12. The van der Waals surface area contributed by atoms with E-state index in [-0.39, 0.29) is 5.56 Å². The number of anilines is 1. The molecule has 184 valence electrons. The van der Waals surface area contributed by atoms with Crippen LogP contribution in [0.4, 0.5) is 5.82 Å². The highest BCUT2D eigenvalue weighted by Crippen LogP contribution is 2.29. The van der Waals surface area contributed by atoms with E-state index in [9.17, 15) is 4.79 Å². The number of aromatic nitrogens is 3. The zero-order chi connectivity index (χ0) is 24.5. The first-order chi connectivity index (χ1) is 17.0. The molecule has 0 aliphatic carbocycles. The number of aryl methyl sites for hydroxylation is 2. The van der Waals surface area contributed by atoms with Crippen LogP contribution in [-0.2, 0) is 0 Å². The van der Waals surface area contributed by atoms with Crippen LogP contribution >= 0.6 is 23.1 Å². The van der Waals surface area contributed by atoms with Crippen LogP contribution in [0.1, 0.15) is 16.9 Å². The van der Waals surface area contributed by atoms with Crippen molar-refractivity contribution in [3.63, 3.8) is 0 Å². The Kier molecular flexibility index (Phi) is 6.86. The first-order valence-corrected chi connectivity index (χ1v) is 13.6. The van der Waals surface area contributed by atoms with E-state index in [0.29, 0.717) is 10.5 Å². The lowest BCUT2D eigenvalue weighted by Gasteiger charge is -2.35. The summed E-state index contributed by atoms with van der Waals surface area (Å²) in [6.45, 7) is 8.87. The van der Waals surface area contributed by atoms with E-state index in [1.807, 2.05) is 32.2 Å². The fourth-order valence-electron chi connectivity index (χ4n) is 4.54. The van der Waals surface area contributed by atoms with Gasteiger partial charge in [-0.2, -0.15) is 0 Å². The maximum Gasteiger partial charge on any atom is 0.281 e. The molecule has 2 N–H and O–H groups in total. The fourth-order valence-corrected chi connectivity index (χ4v) is 6.45. The Hall–Kier alpha value is -2.82. The molecule has 35 heavy (non-hydrogen) atoms. The quantitative estimate of drug-likeness (QED) is 0.174. The predicted molar refractivity (Wildman–Crippen MR) is 146 cm³/mol. The number of thioether (sulfide) groups is 1. The van der Waals surface area contributed by atoms with Gasteiger partial charge in [-0.05, 0) is 62.0 Å². The van der Waals surface area contributed by atoms with E-state index >= 15 is 0 Å². The van der Waals surface area contributed by atoms with Crippen LogP contribution in [0.25, 0.3) is 21.0 Å². The molecule has 1 fully saturated rings. The van der Waals surface area contributed by atoms with Crippen molar-refractivity contribution in [3.8, 4) is 5.75 Å². The van der Waals surface area contributed by atoms with Crippen molar-refractivity contribution < 1.29 is 4.74 Å². The molecule has 4 heterocycles. The summed E-state index contributed by atoms with van der Waals surface area (Å²) in [4.78, 5) is 28.8. The van der Waals surface area contributed by atoms with Crippen molar-refractivity contribution >= 4 is 49.9 Å². The molecular formula is C25H30N6O2S2. The molecule has 1 saturated heterocycles. The monoisotopic (exact) mass is 510 g/mol. The molecule has 0 atom stereocenters. The summed E-state index contributed by atoms with van der Waals surface area (Å²) in [6, 6.07) is 8.18. The van der Waals surface area contributed by atoms with Crippen LogP contribution in [-0.4, -0.2) is 65.1 Å². The van der Waals surface area contributed by atoms with Crippen LogP contribution < -0.4 is 21.0 Å². The van der Waals surface area contributed by atoms with Gasteiger partial charge < -0.3 is 15.5 Å². The SMILES string of the molecule is COc1ccc2c(N3CCN(CCCSc4nc5sc(C)c(C)c5c(=O)n4N)CC3)nccc2c1. The first kappa shape index (κ1) is 23.9. The van der Waals surface area contributed by atoms with Crippen LogP contribution in [0.5, 0.6) is 5.75 Å². The largest absolute Gasteiger partial charge is 0.497 e. The zero-order valence-electron chi connectivity index (χ0n) is 20.3. The number of nitrogens with zero attached hydrogens (tertiary/aromatic N) is 5. The summed E-state index contributed by atoms with van der Waals surface area (Å²) < 4.78 is 6.57. The molecule has 0 bridgehead atoms. The molecule has 0 unspecified atom stereocenters. The number of thiophene rings is 1. The first-order valence-electron chi connectivity index (χ1n) is 11.8. The van der Waals surface area contributed by atoms with Gasteiger partial charge in [-0.25, -0.2) is 14.6 Å². The van der Waals surface area contributed by atoms with E-state index in [1.54, 1.807) is 30.2 Å². The smallest absolute Gasteiger partial charge is 0.281 e. The maximum absolute atomic E-state index is 12.7. The lowest BCUT2D eigenvalue weighted by molar-refractivity contribution is 0.259. The number of benzene rings is 1. The van der Waals surface area contributed by atoms with Gasteiger partial charge in [0, 0.05) is 48.4 Å². The highest BCUT2D eigenvalue weighted by Gasteiger charge is 2.20. The van der Waals surface area contributed by atoms with E-state index in [0.717, 1.165) is 82.5 Å². The second-order valence-electron chi connectivity index (χ2n) is 8.79. The summed E-state index contributed by atoms with van der Waals surface area (Å²) in [7, 11) is 1.69. The third-order valence-corrected chi connectivity index (χ3v) is 8.81. The van der Waals surface area contributed by atoms with Crippen molar-refractivity contribution in [1.82, 2.24) is 19.5 Å². The molecule has 8 nitrogen and oxygen atoms in total. The minimum absolute atomic E-state index is 0.157. The van der Waals surface area contributed by atoms with E-state index in [2.05, 4.69) is 31.9 Å². The van der Waals surface area contributed by atoms with Crippen molar-refractivity contribution in [1.29, 1.82) is 0 Å². The molecule has 0 amide bonds. The molecule has 1 aromatic carbocycles. The Bertz CT molecular complexity index is 1430. The van der Waals surface area contributed by atoms with E-state index in [4.69, 9.17) is 10.6 Å². The van der Waals surface area contributed by atoms with Crippen molar-refractivity contribution in [2.75, 3.05) is 56.3 Å². The third kappa shape index (κ3) is 4.70. The number of hydrogen-bond acceptors (Lipinski definition) is 9. The van der Waals surface area contributed by atoms with Crippen LogP contribution in [0, 0.1) is 13.8 Å². The Morgan fingerprint density at radius 2 is 1.97 bits per heavy atom. The average Bonchev–Trinajstić information content (AvgIpc) is 3.17. The predicted octanol–water partition coefficient (Wildman–Crippen LogP) is 3.65. The number of nitrogens with two attached hydrogens (primary N) is 1. The third-order valence-electron chi connectivity index (χ3n) is 6.67. The van der Waals surface area contributed by atoms with Gasteiger partial charge in [-0.15, -0.1) is 11.3 Å². The van der Waals surface area contributed by atoms with E-state index in [1.165, 1.54) is 4.68 Å². The van der Waals surface area contributed by atoms with Crippen molar-refractivity contribution in [2.24, 2.45) is 0 Å². The fraction of sp³-hybridized carbons (Fsp3) is 0.400. The van der Waals surface area contributed by atoms with Gasteiger partial charge in [0.15, 0.2) is 5.16 Å². The van der Waals surface area contributed by atoms with Gasteiger partial charge in [0.05, 0.1) is 12.5 Å². The molecule has 1 aliphatic rings. The van der Waals surface area contributed by atoms with Crippen molar-refractivity contribution in [3.05, 3.63) is 51.3 Å². The summed E-state index contributed by atoms with van der Waals surface area (Å²) in [5.74, 6) is 8.85. The lowest BCUT2D eigenvalue weighted by atomic mass is 10.1. The number of ether oxygens (including phenoxy) is 1. The number of piperazine rings is 1. The van der Waals surface area contributed by atoms with Gasteiger partial charge in [-0.3, -0.25) is 9.69 Å². The zero-order valence-corrected chi connectivity index (χ0v) is 21.9. The summed E-state index contributed by atoms with van der Waals surface area (Å²) in [5.41, 5.74) is 0.826. The van der Waals surface area contributed by atoms with Gasteiger partial charge >= 0.3 is 0 Å². The molecule has 0 saturated carbocycles. The van der Waals surface area contributed by atoms with E-state index < -0.39 is 0 Å². The Labute approximate surface area is 212 Å². The maximum atomic E-state index is 12.7. The van der Waals surface area contributed by atoms with Gasteiger partial charge in [0.1, 0.15) is 16.4 Å². The Balaban J connectivity index is 1.15. The van der Waals surface area contributed by atoms with Gasteiger partial charge in [0.25, 0.3) is 5.56 Å². The normalized spacial score (nSPS) is 14.8. The molecule has 3 aromatic heterocycles. The Morgan fingerprint density at radius 3 is 2.74 bits per heavy atom. The molecule has 4 aromatic rings. The standard InChI is InChI=1S/C25H30N6O2S2/c1-16-17(2)35-23-21(16)24(32)31(26)25(28-23)34-14-4-9-29-10-12-30(13-11-29)22-20-6-5-19(33-3)15-18(20)7-8-27-22/h5-8,15H,4,9-14,26H2,1-3H3. The van der Waals surface area contributed by atoms with Crippen molar-refractivity contribution in [2.45, 2.75) is 25.4 Å². The molecule has 1 aliphatic heterocycles. The van der Waals surface area contributed by atoms with Crippen LogP contribution in [0.2, 0.25) is 0 Å². The highest BCUT2D eigenvalue weighted by atomic mass is 32.2. The molecular weight excluding hydrogens is 480 g/mol. The Morgan fingerprint density at radius 1 is 1.17 bits per heavy atom. The number of pyridine rings is 1. The number of fused-ring (bicyclic) bond motifs is 2. The highest BCUT2D eigenvalue weighted by molar-refractivity contribution is 7.99. The average molecular weight is 511 g/mol. The second-order valence-corrected chi connectivity index (χ2v) is 11.1. The minimum atomic E-state index is -0.157. The number of nitrogen functional groups attached to an aromatic ring is 1. The van der Waals surface area contributed by atoms with Crippen LogP contribution in [0.3, 0.4) is 0 Å². The molecule has 0 radical (unpaired) electrons. The lowest BCUT2D eigenvalue weighted by Crippen LogP contribution is -2.47. The molecule has 5 rings (SSSR count). The topological polar surface area (TPSA) is 89.5 Å². The minimum Gasteiger partial charge on any atom is -0.497 e. The van der Waals surface area contributed by atoms with Gasteiger partial charge in [0.2, 0.25) is 0 Å². The molecule has 10 heteroatoms. The number of rotatable bonds is 7. The summed E-state index contributed by atoms with van der Waals surface area (Å²) in [6.07, 6.45) is 2.88. The number of methoxy groups -OCH3 is 1. The summed E-state index contributed by atoms with van der Waals surface area (Å²) in [5, 5.41) is 3.54. The number of hydrogen-bond donors (Lipinski definition) is 1.